The minimum Gasteiger partial charge on any atom is -0.464 e. The standard InChI is InChI=1S/C41H26N4O.2C40H25N5O/c1-2-4-38-35(3-1)40-39(14-11-32-19-24-46-41(32)40)45(38)34-12-9-30(10-13-34)36-25-33(26-37(44-36)31-17-22-43-23-18-31)28-7-5-27(6-8-28)29-15-20-42-21-16-29;1-2-4-36-33(3-1)38-37(14-11-30-19-24-46-39(30)38)45(36)32-12-9-31(10-13-32)40-43-34(25-35(44-40)29-17-22-42-23-18-29)28-7-5-26(6-8-28)27-15-20-41-21-16-27;1-2-4-36-33(3-1)38-37(14-11-30-19-24-46-39(30)38)45(36)32-12-9-29(10-13-32)35-25-34(43-40(44-35)31-17-22-42-23-18-31)28-7-5-26(6-8-28)27-15-20-41-21-16-27/h1-26H;2*1-25H. The van der Waals surface area contributed by atoms with Gasteiger partial charge in [0, 0.05) is 168 Å². The molecule has 27 aromatic rings. The second kappa shape index (κ2) is 34.9. The van der Waals surface area contributed by atoms with Crippen molar-refractivity contribution >= 4 is 98.3 Å². The predicted octanol–water partition coefficient (Wildman–Crippen LogP) is 29.9. The van der Waals surface area contributed by atoms with E-state index in [0.717, 1.165) is 228 Å². The van der Waals surface area contributed by atoms with Gasteiger partial charge < -0.3 is 27.0 Å². The molecular weight excluding hydrogens is 1700 g/mol. The zero-order chi connectivity index (χ0) is 91.4. The van der Waals surface area contributed by atoms with Crippen LogP contribution < -0.4 is 0 Å². The Balaban J connectivity index is 0.000000110. The van der Waals surface area contributed by atoms with E-state index in [0.29, 0.717) is 11.6 Å². The van der Waals surface area contributed by atoms with Crippen LogP contribution in [-0.4, -0.2) is 68.5 Å². The van der Waals surface area contributed by atoms with Crippen LogP contribution in [0.4, 0.5) is 0 Å². The van der Waals surface area contributed by atoms with Crippen molar-refractivity contribution in [2.24, 2.45) is 0 Å². The molecule has 0 saturated heterocycles. The van der Waals surface area contributed by atoms with Crippen LogP contribution in [0.5, 0.6) is 0 Å². The van der Waals surface area contributed by atoms with Gasteiger partial charge in [-0.2, -0.15) is 0 Å². The van der Waals surface area contributed by atoms with Crippen molar-refractivity contribution in [3.8, 4) is 152 Å². The smallest absolute Gasteiger partial charge is 0.160 e. The van der Waals surface area contributed by atoms with Crippen LogP contribution in [-0.2, 0) is 0 Å². The molecule has 15 aromatic heterocycles. The van der Waals surface area contributed by atoms with Crippen molar-refractivity contribution in [2.75, 3.05) is 0 Å². The molecule has 17 heteroatoms. The van der Waals surface area contributed by atoms with Gasteiger partial charge >= 0.3 is 0 Å². The van der Waals surface area contributed by atoms with Gasteiger partial charge in [0.15, 0.2) is 11.6 Å². The molecule has 138 heavy (non-hydrogen) atoms. The van der Waals surface area contributed by atoms with E-state index in [9.17, 15) is 0 Å². The van der Waals surface area contributed by atoms with E-state index in [4.69, 9.17) is 38.2 Å². The monoisotopic (exact) mass is 1770 g/mol. The molecule has 0 bridgehead atoms. The molecule has 0 aliphatic rings. The van der Waals surface area contributed by atoms with Gasteiger partial charge in [-0.3, -0.25) is 29.9 Å². The molecule has 0 aliphatic carbocycles. The number of aromatic nitrogens is 14. The lowest BCUT2D eigenvalue weighted by Gasteiger charge is -2.12. The lowest BCUT2D eigenvalue weighted by molar-refractivity contribution is 0.619. The first-order valence-corrected chi connectivity index (χ1v) is 45.4. The zero-order valence-corrected chi connectivity index (χ0v) is 73.9. The molecule has 27 rings (SSSR count). The Hall–Kier alpha value is -19.1. The van der Waals surface area contributed by atoms with E-state index >= 15 is 0 Å². The van der Waals surface area contributed by atoms with Gasteiger partial charge in [-0.25, -0.2) is 24.9 Å². The SMILES string of the molecule is c1ccc2c(c1)c1c3occc3ccc1n2-c1ccc(-c2cc(-c3ccc(-c4ccncc4)cc3)cc(-c3ccncc3)n2)cc1.c1ccc2c(c1)c1c3occc3ccc1n2-c1ccc(-c2cc(-c3ccc(-c4ccncc4)cc3)nc(-c3ccncc3)n2)cc1.c1ccc2c(c1)c1c3occc3ccc1n2-c1ccc(-c2nc(-c3ccncc3)cc(-c3ccc(-c4ccncc4)cc3)n2)cc1. The van der Waals surface area contributed by atoms with E-state index in [-0.39, 0.29) is 0 Å². The van der Waals surface area contributed by atoms with E-state index < -0.39 is 0 Å². The van der Waals surface area contributed by atoms with Crippen LogP contribution in [0, 0.1) is 0 Å². The van der Waals surface area contributed by atoms with Gasteiger partial charge in [0.05, 0.1) is 102 Å². The number of pyridine rings is 7. The van der Waals surface area contributed by atoms with Crippen molar-refractivity contribution in [3.63, 3.8) is 0 Å². The van der Waals surface area contributed by atoms with E-state index in [1.807, 2.05) is 147 Å². The third kappa shape index (κ3) is 15.1. The summed E-state index contributed by atoms with van der Waals surface area (Å²) in [6, 6.07) is 128. The Bertz CT molecular complexity index is 8350. The summed E-state index contributed by atoms with van der Waals surface area (Å²) in [6.07, 6.45) is 26.9. The Morgan fingerprint density at radius 1 is 0.167 bits per heavy atom. The molecule has 15 heterocycles. The fraction of sp³-hybridized carbons (Fsp3) is 0. The van der Waals surface area contributed by atoms with Gasteiger partial charge in [-0.05, 0) is 263 Å². The fourth-order valence-corrected chi connectivity index (χ4v) is 19.0. The summed E-state index contributed by atoms with van der Waals surface area (Å²) in [4.78, 5) is 50.3. The summed E-state index contributed by atoms with van der Waals surface area (Å²) in [5.41, 5.74) is 34.9. The number of hydrogen-bond donors (Lipinski definition) is 0. The van der Waals surface area contributed by atoms with Crippen LogP contribution in [0.15, 0.2) is 476 Å². The number of rotatable bonds is 15. The van der Waals surface area contributed by atoms with Gasteiger partial charge in [-0.1, -0.05) is 152 Å². The maximum Gasteiger partial charge on any atom is 0.160 e. The maximum atomic E-state index is 5.96. The zero-order valence-electron chi connectivity index (χ0n) is 73.9. The normalized spacial score (nSPS) is 11.5. The molecule has 0 fully saturated rings. The quantitative estimate of drug-likeness (QED) is 0.0940. The Morgan fingerprint density at radius 3 is 0.696 bits per heavy atom. The van der Waals surface area contributed by atoms with Crippen molar-refractivity contribution in [3.05, 3.63) is 463 Å². The molecule has 0 aliphatic heterocycles. The van der Waals surface area contributed by atoms with Crippen LogP contribution in [0.25, 0.3) is 250 Å². The summed E-state index contributed by atoms with van der Waals surface area (Å²) in [6.45, 7) is 0. The summed E-state index contributed by atoms with van der Waals surface area (Å²) in [7, 11) is 0. The summed E-state index contributed by atoms with van der Waals surface area (Å²) < 4.78 is 24.8. The number of nitrogens with zero attached hydrogens (tertiary/aromatic N) is 14. The number of benzene rings is 12. The summed E-state index contributed by atoms with van der Waals surface area (Å²) >= 11 is 0. The van der Waals surface area contributed by atoms with Gasteiger partial charge in [0.25, 0.3) is 0 Å². The highest BCUT2D eigenvalue weighted by Crippen LogP contribution is 2.44. The second-order valence-corrected chi connectivity index (χ2v) is 33.8. The van der Waals surface area contributed by atoms with Crippen LogP contribution >= 0.6 is 0 Å². The van der Waals surface area contributed by atoms with E-state index in [1.165, 1.54) is 10.8 Å². The summed E-state index contributed by atoms with van der Waals surface area (Å²) in [5, 5.41) is 10.2. The van der Waals surface area contributed by atoms with E-state index in [1.54, 1.807) is 43.6 Å². The van der Waals surface area contributed by atoms with Crippen molar-refractivity contribution in [1.29, 1.82) is 0 Å². The molecule has 17 nitrogen and oxygen atoms in total. The molecule has 0 saturated carbocycles. The molecule has 0 spiro atoms. The molecule has 12 aromatic carbocycles. The van der Waals surface area contributed by atoms with E-state index in [2.05, 4.69) is 317 Å². The molecule has 0 radical (unpaired) electrons. The molecule has 648 valence electrons. The molecular formula is C121H76N14O3. The Labute approximate surface area is 790 Å². The number of hydrogen-bond acceptors (Lipinski definition) is 14. The third-order valence-corrected chi connectivity index (χ3v) is 25.8. The highest BCUT2D eigenvalue weighted by molar-refractivity contribution is 6.22. The number of fused-ring (bicyclic) bond motifs is 15. The minimum atomic E-state index is 0.655. The lowest BCUT2D eigenvalue weighted by Crippen LogP contribution is -1.97. The fourth-order valence-electron chi connectivity index (χ4n) is 19.0. The molecule has 0 N–H and O–H groups in total. The van der Waals surface area contributed by atoms with Gasteiger partial charge in [0.1, 0.15) is 16.7 Å². The van der Waals surface area contributed by atoms with Crippen molar-refractivity contribution in [2.45, 2.75) is 0 Å². The largest absolute Gasteiger partial charge is 0.464 e. The van der Waals surface area contributed by atoms with Crippen LogP contribution in [0.2, 0.25) is 0 Å². The number of furan rings is 3. The summed E-state index contributed by atoms with van der Waals surface area (Å²) in [5.74, 6) is 1.32. The highest BCUT2D eigenvalue weighted by Gasteiger charge is 2.24. The first-order valence-electron chi connectivity index (χ1n) is 45.4. The molecule has 0 atom stereocenters. The lowest BCUT2D eigenvalue weighted by atomic mass is 9.98. The highest BCUT2D eigenvalue weighted by atomic mass is 16.3. The van der Waals surface area contributed by atoms with Gasteiger partial charge in [-0.15, -0.1) is 0 Å². The number of para-hydroxylation sites is 3. The Kier molecular flexibility index (Phi) is 20.4. The third-order valence-electron chi connectivity index (χ3n) is 25.8. The molecule has 0 amide bonds. The Morgan fingerprint density at radius 2 is 0.391 bits per heavy atom. The van der Waals surface area contributed by atoms with Crippen LogP contribution in [0.3, 0.4) is 0 Å². The topological polar surface area (TPSA) is 196 Å². The first kappa shape index (κ1) is 80.9. The van der Waals surface area contributed by atoms with Crippen LogP contribution in [0.1, 0.15) is 0 Å². The maximum absolute atomic E-state index is 5.96. The van der Waals surface area contributed by atoms with Crippen molar-refractivity contribution < 1.29 is 13.3 Å². The second-order valence-electron chi connectivity index (χ2n) is 33.8. The van der Waals surface area contributed by atoms with Gasteiger partial charge in [0.2, 0.25) is 0 Å². The minimum absolute atomic E-state index is 0.655. The average Bonchev–Trinajstić information content (AvgIpc) is 1.58. The van der Waals surface area contributed by atoms with Crippen molar-refractivity contribution in [1.82, 2.24) is 68.5 Å². The first-order chi connectivity index (χ1) is 68.4. The predicted molar refractivity (Wildman–Crippen MR) is 553 cm³/mol. The average molecular weight is 1770 g/mol. The molecule has 0 unspecified atom stereocenters.